The first-order valence-electron chi connectivity index (χ1n) is 4.05. The Morgan fingerprint density at radius 3 is 2.79 bits per heavy atom. The fourth-order valence-electron chi connectivity index (χ4n) is 1.26. The molecule has 2 rings (SSSR count). The summed E-state index contributed by atoms with van der Waals surface area (Å²) in [6, 6.07) is 6.61. The highest BCUT2D eigenvalue weighted by atomic mass is 127. The molecule has 1 aromatic carbocycles. The molecule has 72 valence electrons. The monoisotopic (exact) mass is 319 g/mol. The molecule has 0 fully saturated rings. The Bertz CT molecular complexity index is 467. The van der Waals surface area contributed by atoms with Crippen molar-refractivity contribution in [2.75, 3.05) is 0 Å². The number of aryl methyl sites for hydroxylation is 1. The lowest BCUT2D eigenvalue weighted by molar-refractivity contribution is 0.628. The molecular formula is C10H7FINS. The number of thiazole rings is 1. The normalized spacial score (nSPS) is 10.5. The molecule has 0 radical (unpaired) electrons. The minimum Gasteiger partial charge on any atom is -0.235 e. The van der Waals surface area contributed by atoms with Gasteiger partial charge >= 0.3 is 0 Å². The van der Waals surface area contributed by atoms with Crippen LogP contribution >= 0.6 is 33.9 Å². The van der Waals surface area contributed by atoms with Gasteiger partial charge in [0.1, 0.15) is 5.82 Å². The number of hydrogen-bond donors (Lipinski definition) is 0. The van der Waals surface area contributed by atoms with E-state index in [-0.39, 0.29) is 5.82 Å². The van der Waals surface area contributed by atoms with E-state index in [4.69, 9.17) is 0 Å². The molecule has 1 heterocycles. The van der Waals surface area contributed by atoms with Gasteiger partial charge in [-0.15, -0.1) is 11.3 Å². The Hall–Kier alpha value is -0.490. The quantitative estimate of drug-likeness (QED) is 0.727. The topological polar surface area (TPSA) is 12.9 Å². The summed E-state index contributed by atoms with van der Waals surface area (Å²) in [7, 11) is 0. The van der Waals surface area contributed by atoms with Crippen LogP contribution in [-0.2, 0) is 0 Å². The highest BCUT2D eigenvalue weighted by molar-refractivity contribution is 14.1. The van der Waals surface area contributed by atoms with E-state index in [0.717, 1.165) is 19.1 Å². The van der Waals surface area contributed by atoms with Crippen LogP contribution in [0.3, 0.4) is 0 Å². The van der Waals surface area contributed by atoms with Crippen molar-refractivity contribution in [3.63, 3.8) is 0 Å². The van der Waals surface area contributed by atoms with Crippen molar-refractivity contribution >= 4 is 33.9 Å². The molecule has 0 atom stereocenters. The van der Waals surface area contributed by atoms with E-state index in [2.05, 4.69) is 27.6 Å². The summed E-state index contributed by atoms with van der Waals surface area (Å²) in [6.07, 6.45) is 0. The average molecular weight is 319 g/mol. The number of benzene rings is 1. The summed E-state index contributed by atoms with van der Waals surface area (Å²) in [5.41, 5.74) is 1.87. The molecule has 0 aliphatic carbocycles. The molecule has 4 heteroatoms. The summed E-state index contributed by atoms with van der Waals surface area (Å²) in [5.74, 6) is -0.203. The van der Waals surface area contributed by atoms with Crippen LogP contribution in [0.4, 0.5) is 4.39 Å². The molecule has 0 saturated carbocycles. The summed E-state index contributed by atoms with van der Waals surface area (Å²) >= 11 is 3.76. The smallest absolute Gasteiger partial charge is 0.154 e. The molecular weight excluding hydrogens is 312 g/mol. The van der Waals surface area contributed by atoms with E-state index in [9.17, 15) is 4.39 Å². The van der Waals surface area contributed by atoms with E-state index in [1.165, 1.54) is 12.1 Å². The van der Waals surface area contributed by atoms with Gasteiger partial charge in [-0.2, -0.15) is 0 Å². The van der Waals surface area contributed by atoms with Gasteiger partial charge in [-0.1, -0.05) is 12.1 Å². The summed E-state index contributed by atoms with van der Waals surface area (Å²) in [4.78, 5) is 5.35. The second-order valence-corrected chi connectivity index (χ2v) is 5.64. The standard InChI is InChI=1S/C10H7FINS/c1-6-9(14-10(12)13-6)7-3-2-4-8(11)5-7/h2-5H,1H3. The van der Waals surface area contributed by atoms with Crippen LogP contribution in [0.2, 0.25) is 0 Å². The van der Waals surface area contributed by atoms with Gasteiger partial charge in [-0.3, -0.25) is 0 Å². The van der Waals surface area contributed by atoms with Crippen LogP contribution in [-0.4, -0.2) is 4.98 Å². The third kappa shape index (κ3) is 1.95. The molecule has 0 saturated heterocycles. The maximum atomic E-state index is 13.0. The maximum Gasteiger partial charge on any atom is 0.154 e. The number of halogens is 2. The Kier molecular flexibility index (Phi) is 2.83. The zero-order valence-electron chi connectivity index (χ0n) is 7.42. The van der Waals surface area contributed by atoms with E-state index < -0.39 is 0 Å². The third-order valence-corrected chi connectivity index (χ3v) is 3.75. The van der Waals surface area contributed by atoms with E-state index >= 15 is 0 Å². The largest absolute Gasteiger partial charge is 0.235 e. The molecule has 0 aliphatic rings. The summed E-state index contributed by atoms with van der Waals surface area (Å²) < 4.78 is 14.0. The number of nitrogens with zero attached hydrogens (tertiary/aromatic N) is 1. The molecule has 0 bridgehead atoms. The lowest BCUT2D eigenvalue weighted by Crippen LogP contribution is -1.79. The predicted octanol–water partition coefficient (Wildman–Crippen LogP) is 3.86. The van der Waals surface area contributed by atoms with Gasteiger partial charge in [0, 0.05) is 0 Å². The highest BCUT2D eigenvalue weighted by Crippen LogP contribution is 2.30. The Labute approximate surface area is 99.1 Å². The van der Waals surface area contributed by atoms with Gasteiger partial charge in [0.25, 0.3) is 0 Å². The molecule has 1 nitrogen and oxygen atoms in total. The van der Waals surface area contributed by atoms with Crippen molar-refractivity contribution in [3.8, 4) is 10.4 Å². The first-order valence-corrected chi connectivity index (χ1v) is 5.95. The third-order valence-electron chi connectivity index (χ3n) is 1.86. The lowest BCUT2D eigenvalue weighted by atomic mass is 10.1. The first kappa shape index (κ1) is 10.0. The summed E-state index contributed by atoms with van der Waals surface area (Å²) in [6.45, 7) is 1.94. The molecule has 0 N–H and O–H groups in total. The van der Waals surface area contributed by atoms with Gasteiger partial charge in [0.05, 0.1) is 10.6 Å². The van der Waals surface area contributed by atoms with Gasteiger partial charge in [-0.05, 0) is 47.2 Å². The second-order valence-electron chi connectivity index (χ2n) is 2.89. The molecule has 0 aliphatic heterocycles. The molecule has 0 spiro atoms. The van der Waals surface area contributed by atoms with Crippen molar-refractivity contribution in [1.82, 2.24) is 4.98 Å². The minimum atomic E-state index is -0.203. The van der Waals surface area contributed by atoms with Gasteiger partial charge in [0.15, 0.2) is 3.01 Å². The summed E-state index contributed by atoms with van der Waals surface area (Å²) in [5, 5.41) is 0. The zero-order valence-corrected chi connectivity index (χ0v) is 10.4. The lowest BCUT2D eigenvalue weighted by Gasteiger charge is -1.97. The van der Waals surface area contributed by atoms with Crippen LogP contribution in [0.1, 0.15) is 5.69 Å². The predicted molar refractivity (Wildman–Crippen MR) is 65.0 cm³/mol. The van der Waals surface area contributed by atoms with Crippen molar-refractivity contribution in [2.45, 2.75) is 6.92 Å². The molecule has 1 aromatic heterocycles. The zero-order chi connectivity index (χ0) is 10.1. The fraction of sp³-hybridized carbons (Fsp3) is 0.100. The van der Waals surface area contributed by atoms with Crippen LogP contribution in [0.25, 0.3) is 10.4 Å². The number of aromatic nitrogens is 1. The Balaban J connectivity index is 2.54. The van der Waals surface area contributed by atoms with Gasteiger partial charge < -0.3 is 0 Å². The second kappa shape index (κ2) is 3.94. The average Bonchev–Trinajstić information content (AvgIpc) is 2.45. The Morgan fingerprint density at radius 2 is 2.21 bits per heavy atom. The molecule has 14 heavy (non-hydrogen) atoms. The van der Waals surface area contributed by atoms with Crippen molar-refractivity contribution < 1.29 is 4.39 Å². The van der Waals surface area contributed by atoms with Crippen LogP contribution in [0.15, 0.2) is 24.3 Å². The van der Waals surface area contributed by atoms with Crippen molar-refractivity contribution in [2.24, 2.45) is 0 Å². The van der Waals surface area contributed by atoms with E-state index in [1.54, 1.807) is 17.4 Å². The Morgan fingerprint density at radius 1 is 1.43 bits per heavy atom. The van der Waals surface area contributed by atoms with Gasteiger partial charge in [-0.25, -0.2) is 9.37 Å². The number of rotatable bonds is 1. The number of hydrogen-bond acceptors (Lipinski definition) is 2. The van der Waals surface area contributed by atoms with Crippen LogP contribution in [0.5, 0.6) is 0 Å². The van der Waals surface area contributed by atoms with Crippen molar-refractivity contribution in [3.05, 3.63) is 38.8 Å². The van der Waals surface area contributed by atoms with Gasteiger partial charge in [0.2, 0.25) is 0 Å². The highest BCUT2D eigenvalue weighted by Gasteiger charge is 2.08. The molecule has 2 aromatic rings. The first-order chi connectivity index (χ1) is 6.66. The molecule has 0 unspecified atom stereocenters. The SMILES string of the molecule is Cc1nc(I)sc1-c1cccc(F)c1. The van der Waals surface area contributed by atoms with Crippen molar-refractivity contribution in [1.29, 1.82) is 0 Å². The van der Waals surface area contributed by atoms with Crippen LogP contribution < -0.4 is 0 Å². The maximum absolute atomic E-state index is 13.0. The minimum absolute atomic E-state index is 0.203. The molecule has 0 amide bonds. The van der Waals surface area contributed by atoms with E-state index in [1.807, 2.05) is 13.0 Å². The van der Waals surface area contributed by atoms with Crippen LogP contribution in [0, 0.1) is 15.8 Å². The fourth-order valence-corrected chi connectivity index (χ4v) is 3.07. The van der Waals surface area contributed by atoms with E-state index in [0.29, 0.717) is 0 Å².